The zero-order valence-corrected chi connectivity index (χ0v) is 9.42. The first-order valence-corrected chi connectivity index (χ1v) is 3.98. The quantitative estimate of drug-likeness (QED) is 0.694. The van der Waals surface area contributed by atoms with Crippen molar-refractivity contribution in [2.75, 3.05) is 6.54 Å². The van der Waals surface area contributed by atoms with E-state index in [1.54, 1.807) is 0 Å². The Morgan fingerprint density at radius 2 is 2.23 bits per heavy atom. The molecule has 69 valence electrons. The van der Waals surface area contributed by atoms with E-state index in [4.69, 9.17) is 0 Å². The Bertz CT molecular complexity index is 314. The first kappa shape index (κ1) is 10.2. The molecule has 2 heteroatoms. The smallest absolute Gasteiger partial charge is 0 e. The van der Waals surface area contributed by atoms with Crippen LogP contribution in [-0.4, -0.2) is 6.54 Å². The van der Waals surface area contributed by atoms with Crippen LogP contribution in [0.5, 0.6) is 0 Å². The van der Waals surface area contributed by atoms with Crippen molar-refractivity contribution in [3.8, 4) is 0 Å². The van der Waals surface area contributed by atoms with Gasteiger partial charge in [-0.3, -0.25) is 0 Å². The van der Waals surface area contributed by atoms with Crippen LogP contribution in [0.4, 0.5) is 0 Å². The van der Waals surface area contributed by atoms with Crippen molar-refractivity contribution in [3.05, 3.63) is 59.4 Å². The van der Waals surface area contributed by atoms with Gasteiger partial charge in [0, 0.05) is 20.1 Å². The van der Waals surface area contributed by atoms with Gasteiger partial charge in [0.15, 0.2) is 0 Å². The zero-order valence-electron chi connectivity index (χ0n) is 7.03. The Balaban J connectivity index is 0.000000845. The molecule has 0 bridgehead atoms. The number of allylic oxidation sites excluding steroid dienone is 2. The van der Waals surface area contributed by atoms with Crippen molar-refractivity contribution in [3.63, 3.8) is 0 Å². The topological polar surface area (TPSA) is 14.1 Å². The molecule has 1 radical (unpaired) electrons. The molecular weight excluding hydrogens is 338 g/mol. The molecule has 1 aromatic carbocycles. The van der Waals surface area contributed by atoms with E-state index in [0.29, 0.717) is 0 Å². The van der Waals surface area contributed by atoms with E-state index in [9.17, 15) is 0 Å². The molecule has 0 aliphatic carbocycles. The molecule has 1 nitrogen and oxygen atoms in total. The summed E-state index contributed by atoms with van der Waals surface area (Å²) >= 11 is 0. The minimum atomic E-state index is 0. The summed E-state index contributed by atoms with van der Waals surface area (Å²) in [6.45, 7) is 0.786. The normalized spacial score (nSPS) is 14.0. The molecule has 0 unspecified atom stereocenters. The number of hydrogen-bond donors (Lipinski definition) is 0. The molecule has 0 aromatic heterocycles. The van der Waals surface area contributed by atoms with Crippen LogP contribution in [-0.2, 0) is 20.1 Å². The Hall–Kier alpha value is -0.851. The number of benzene rings is 1. The SMILES string of the molecule is [Ir].[c-]1ccccc1C1=CC=CC[N-]1. The number of nitrogens with zero attached hydrogens (tertiary/aromatic N) is 1. The second-order valence-electron chi connectivity index (χ2n) is 2.60. The van der Waals surface area contributed by atoms with E-state index in [2.05, 4.69) is 11.4 Å². The van der Waals surface area contributed by atoms with Crippen LogP contribution >= 0.6 is 0 Å². The van der Waals surface area contributed by atoms with E-state index < -0.39 is 0 Å². The maximum Gasteiger partial charge on any atom is 0 e. The van der Waals surface area contributed by atoms with Crippen LogP contribution in [0.15, 0.2) is 42.5 Å². The molecule has 1 aromatic rings. The van der Waals surface area contributed by atoms with Crippen LogP contribution in [0, 0.1) is 6.07 Å². The average Bonchev–Trinajstić information content (AvgIpc) is 2.21. The summed E-state index contributed by atoms with van der Waals surface area (Å²) in [7, 11) is 0. The molecule has 1 aliphatic rings. The molecule has 13 heavy (non-hydrogen) atoms. The van der Waals surface area contributed by atoms with Crippen molar-refractivity contribution >= 4 is 5.70 Å². The maximum atomic E-state index is 4.34. The van der Waals surface area contributed by atoms with Gasteiger partial charge in [-0.05, 0) is 0 Å². The van der Waals surface area contributed by atoms with Gasteiger partial charge in [-0.25, -0.2) is 5.70 Å². The molecule has 1 aliphatic heterocycles. The van der Waals surface area contributed by atoms with E-state index in [1.165, 1.54) is 0 Å². The van der Waals surface area contributed by atoms with Crippen molar-refractivity contribution in [1.82, 2.24) is 0 Å². The molecule has 2 rings (SSSR count). The predicted molar refractivity (Wildman–Crippen MR) is 50.6 cm³/mol. The van der Waals surface area contributed by atoms with Crippen LogP contribution in [0.1, 0.15) is 5.56 Å². The van der Waals surface area contributed by atoms with Gasteiger partial charge >= 0.3 is 0 Å². The van der Waals surface area contributed by atoms with Crippen molar-refractivity contribution in [1.29, 1.82) is 0 Å². The molecule has 0 saturated heterocycles. The van der Waals surface area contributed by atoms with Gasteiger partial charge in [-0.15, -0.1) is 49.0 Å². The maximum absolute atomic E-state index is 4.34. The first-order chi connectivity index (χ1) is 5.97. The average molecular weight is 347 g/mol. The fraction of sp³-hybridized carbons (Fsp3) is 0.0909. The molecule has 1 heterocycles. The summed E-state index contributed by atoms with van der Waals surface area (Å²) in [6, 6.07) is 11.0. The minimum Gasteiger partial charge on any atom is -0.725 e. The molecular formula is C11H9IrN-2. The largest absolute Gasteiger partial charge is 0.725 e. The zero-order chi connectivity index (χ0) is 8.23. The van der Waals surface area contributed by atoms with Gasteiger partial charge in [0.1, 0.15) is 0 Å². The van der Waals surface area contributed by atoms with E-state index in [0.717, 1.165) is 17.8 Å². The Morgan fingerprint density at radius 1 is 1.31 bits per heavy atom. The standard InChI is InChI=1S/C11H9N.Ir/c1-2-6-10(7-3-1)11-8-4-5-9-12-11;/h1-6,8H,9H2;/q-2;. The molecule has 0 amide bonds. The fourth-order valence-corrected chi connectivity index (χ4v) is 1.15. The Morgan fingerprint density at radius 3 is 2.85 bits per heavy atom. The number of hydrogen-bond acceptors (Lipinski definition) is 0. The Kier molecular flexibility index (Phi) is 3.94. The van der Waals surface area contributed by atoms with Gasteiger partial charge in [-0.2, -0.15) is 5.56 Å². The molecule has 0 fully saturated rings. The fourth-order valence-electron chi connectivity index (χ4n) is 1.15. The van der Waals surface area contributed by atoms with Gasteiger partial charge in [0.05, 0.1) is 0 Å². The van der Waals surface area contributed by atoms with Gasteiger partial charge in [0.25, 0.3) is 0 Å². The molecule has 0 saturated carbocycles. The summed E-state index contributed by atoms with van der Waals surface area (Å²) in [5.41, 5.74) is 2.10. The van der Waals surface area contributed by atoms with Crippen molar-refractivity contribution in [2.24, 2.45) is 0 Å². The van der Waals surface area contributed by atoms with Crippen LogP contribution in [0.25, 0.3) is 11.0 Å². The van der Waals surface area contributed by atoms with Crippen molar-refractivity contribution < 1.29 is 20.1 Å². The molecule has 0 N–H and O–H groups in total. The first-order valence-electron chi connectivity index (χ1n) is 3.98. The predicted octanol–water partition coefficient (Wildman–Crippen LogP) is 2.77. The van der Waals surface area contributed by atoms with Gasteiger partial charge in [0.2, 0.25) is 0 Å². The van der Waals surface area contributed by atoms with Gasteiger partial charge < -0.3 is 5.32 Å². The summed E-state index contributed by atoms with van der Waals surface area (Å²) in [5, 5.41) is 4.34. The van der Waals surface area contributed by atoms with E-state index >= 15 is 0 Å². The Labute approximate surface area is 91.9 Å². The monoisotopic (exact) mass is 348 g/mol. The van der Waals surface area contributed by atoms with Crippen LogP contribution in [0.2, 0.25) is 0 Å². The third-order valence-corrected chi connectivity index (χ3v) is 1.74. The summed E-state index contributed by atoms with van der Waals surface area (Å²) in [5.74, 6) is 0. The van der Waals surface area contributed by atoms with E-state index in [1.807, 2.05) is 42.5 Å². The molecule has 0 atom stereocenters. The van der Waals surface area contributed by atoms with Gasteiger partial charge in [-0.1, -0.05) is 6.08 Å². The van der Waals surface area contributed by atoms with Crippen LogP contribution < -0.4 is 0 Å². The van der Waals surface area contributed by atoms with Crippen molar-refractivity contribution in [2.45, 2.75) is 0 Å². The summed E-state index contributed by atoms with van der Waals surface area (Å²) < 4.78 is 0. The minimum absolute atomic E-state index is 0. The molecule has 0 spiro atoms. The second-order valence-corrected chi connectivity index (χ2v) is 2.60. The number of rotatable bonds is 1. The summed E-state index contributed by atoms with van der Waals surface area (Å²) in [6.07, 6.45) is 6.07. The third kappa shape index (κ3) is 2.55. The summed E-state index contributed by atoms with van der Waals surface area (Å²) in [4.78, 5) is 0. The van der Waals surface area contributed by atoms with Crippen LogP contribution in [0.3, 0.4) is 0 Å². The second kappa shape index (κ2) is 5.00. The van der Waals surface area contributed by atoms with E-state index in [-0.39, 0.29) is 20.1 Å². The third-order valence-electron chi connectivity index (χ3n) is 1.74.